The molecule has 1 unspecified atom stereocenters. The number of hydrogen-bond donors (Lipinski definition) is 2. The van der Waals surface area contributed by atoms with Crippen molar-refractivity contribution in [1.82, 2.24) is 9.71 Å². The number of nitrogens with two attached hydrogens (primary N) is 1. The first-order chi connectivity index (χ1) is 9.70. The Kier molecular flexibility index (Phi) is 4.31. The number of anilines is 1. The van der Waals surface area contributed by atoms with Crippen LogP contribution in [0.15, 0.2) is 23.2 Å². The summed E-state index contributed by atoms with van der Waals surface area (Å²) in [6.07, 6.45) is 1.69. The van der Waals surface area contributed by atoms with Crippen molar-refractivity contribution in [3.8, 4) is 0 Å². The Balaban J connectivity index is 2.30. The lowest BCUT2D eigenvalue weighted by molar-refractivity contribution is 0.565. The highest BCUT2D eigenvalue weighted by Crippen LogP contribution is 2.24. The van der Waals surface area contributed by atoms with Gasteiger partial charge in [0.05, 0.1) is 16.6 Å². The van der Waals surface area contributed by atoms with Crippen molar-refractivity contribution < 1.29 is 12.8 Å². The van der Waals surface area contributed by atoms with Crippen LogP contribution in [0.2, 0.25) is 0 Å². The molecule has 0 aliphatic carbocycles. The average Bonchev–Trinajstić information content (AvgIpc) is 2.81. The summed E-state index contributed by atoms with van der Waals surface area (Å²) in [5, 5.41) is 0.669. The molecule has 2 aromatic rings. The molecule has 1 aromatic heterocycles. The summed E-state index contributed by atoms with van der Waals surface area (Å²) in [5.74, 6) is -0.599. The molecular weight excluding hydrogens is 313 g/mol. The highest BCUT2D eigenvalue weighted by molar-refractivity contribution is 7.89. The second-order valence-electron chi connectivity index (χ2n) is 4.80. The van der Waals surface area contributed by atoms with Gasteiger partial charge in [-0.2, -0.15) is 0 Å². The van der Waals surface area contributed by atoms with E-state index in [4.69, 9.17) is 5.73 Å². The molecule has 0 radical (unpaired) electrons. The number of rotatable bonds is 4. The summed E-state index contributed by atoms with van der Waals surface area (Å²) in [4.78, 5) is 5.09. The monoisotopic (exact) mass is 329 g/mol. The minimum atomic E-state index is -3.79. The van der Waals surface area contributed by atoms with E-state index in [9.17, 15) is 12.8 Å². The maximum Gasteiger partial charge on any atom is 0.241 e. The molecule has 1 heterocycles. The van der Waals surface area contributed by atoms with Crippen molar-refractivity contribution in [2.75, 3.05) is 5.73 Å². The zero-order chi connectivity index (χ0) is 15.8. The minimum Gasteiger partial charge on any atom is -0.396 e. The molecule has 5 nitrogen and oxygen atoms in total. The summed E-state index contributed by atoms with van der Waals surface area (Å²) in [6.45, 7) is 5.07. The predicted molar refractivity (Wildman–Crippen MR) is 81.1 cm³/mol. The first-order valence-electron chi connectivity index (χ1n) is 6.21. The van der Waals surface area contributed by atoms with Gasteiger partial charge in [-0.1, -0.05) is 0 Å². The molecular formula is C13H16FN3O2S2. The minimum absolute atomic E-state index is 0.0565. The van der Waals surface area contributed by atoms with Gasteiger partial charge in [0.2, 0.25) is 10.0 Å². The second kappa shape index (κ2) is 5.70. The molecule has 1 aromatic carbocycles. The zero-order valence-electron chi connectivity index (χ0n) is 11.8. The maximum atomic E-state index is 13.5. The van der Waals surface area contributed by atoms with Crippen LogP contribution in [0.3, 0.4) is 0 Å². The van der Waals surface area contributed by atoms with Gasteiger partial charge < -0.3 is 5.73 Å². The number of aryl methyl sites for hydroxylation is 2. The van der Waals surface area contributed by atoms with Crippen molar-refractivity contribution in [1.29, 1.82) is 0 Å². The van der Waals surface area contributed by atoms with Crippen LogP contribution in [-0.2, 0) is 10.0 Å². The standard InChI is InChI=1S/C13H16FN3O2S2/c1-7-4-10(5-11(15)12(7)14)21(18,19)17-9(3)13-16-6-8(2)20-13/h4-6,9,17H,15H2,1-3H3. The first kappa shape index (κ1) is 15.9. The van der Waals surface area contributed by atoms with Gasteiger partial charge in [0.15, 0.2) is 0 Å². The maximum absolute atomic E-state index is 13.5. The molecule has 0 amide bonds. The fourth-order valence-electron chi connectivity index (χ4n) is 1.84. The lowest BCUT2D eigenvalue weighted by atomic mass is 10.2. The van der Waals surface area contributed by atoms with E-state index in [1.54, 1.807) is 13.1 Å². The summed E-state index contributed by atoms with van der Waals surface area (Å²) >= 11 is 1.42. The lowest BCUT2D eigenvalue weighted by Crippen LogP contribution is -2.27. The Hall–Kier alpha value is -1.51. The summed E-state index contributed by atoms with van der Waals surface area (Å²) in [5.41, 5.74) is 5.49. The summed E-state index contributed by atoms with van der Waals surface area (Å²) in [7, 11) is -3.79. The molecule has 114 valence electrons. The molecule has 0 fully saturated rings. The third-order valence-electron chi connectivity index (χ3n) is 2.91. The molecule has 3 N–H and O–H groups in total. The van der Waals surface area contributed by atoms with E-state index in [0.29, 0.717) is 5.01 Å². The SMILES string of the molecule is Cc1cnc(C(C)NS(=O)(=O)c2cc(C)c(F)c(N)c2)s1. The third-order valence-corrected chi connectivity index (χ3v) is 5.52. The molecule has 0 aliphatic heterocycles. The lowest BCUT2D eigenvalue weighted by Gasteiger charge is -2.13. The topological polar surface area (TPSA) is 85.1 Å². The van der Waals surface area contributed by atoms with Crippen molar-refractivity contribution in [2.45, 2.75) is 31.7 Å². The highest BCUT2D eigenvalue weighted by Gasteiger charge is 2.22. The van der Waals surface area contributed by atoms with Crippen molar-refractivity contribution in [3.05, 3.63) is 39.6 Å². The van der Waals surface area contributed by atoms with Gasteiger partial charge in [0, 0.05) is 11.1 Å². The second-order valence-corrected chi connectivity index (χ2v) is 7.78. The number of benzene rings is 1. The number of nitrogen functional groups attached to an aromatic ring is 1. The van der Waals surface area contributed by atoms with Crippen LogP contribution in [0.1, 0.15) is 28.4 Å². The Labute approximate surface area is 127 Å². The quantitative estimate of drug-likeness (QED) is 0.844. The van der Waals surface area contributed by atoms with Gasteiger partial charge in [-0.25, -0.2) is 22.5 Å². The van der Waals surface area contributed by atoms with Crippen LogP contribution in [0.25, 0.3) is 0 Å². The number of aromatic nitrogens is 1. The molecule has 8 heteroatoms. The molecule has 0 bridgehead atoms. The number of sulfonamides is 1. The smallest absolute Gasteiger partial charge is 0.241 e. The number of thiazole rings is 1. The normalized spacial score (nSPS) is 13.3. The third kappa shape index (κ3) is 3.39. The van der Waals surface area contributed by atoms with Crippen LogP contribution >= 0.6 is 11.3 Å². The van der Waals surface area contributed by atoms with E-state index in [1.807, 2.05) is 6.92 Å². The fraction of sp³-hybridized carbons (Fsp3) is 0.308. The molecule has 0 saturated carbocycles. The van der Waals surface area contributed by atoms with Crippen molar-refractivity contribution in [3.63, 3.8) is 0 Å². The molecule has 2 rings (SSSR count). The van der Waals surface area contributed by atoms with Gasteiger partial charge in [0.25, 0.3) is 0 Å². The Morgan fingerprint density at radius 2 is 2.05 bits per heavy atom. The van der Waals surface area contributed by atoms with Crippen LogP contribution in [0.4, 0.5) is 10.1 Å². The number of halogens is 1. The average molecular weight is 329 g/mol. The molecule has 0 aliphatic rings. The van der Waals surface area contributed by atoms with E-state index in [0.717, 1.165) is 10.9 Å². The molecule has 0 saturated heterocycles. The van der Waals surface area contributed by atoms with E-state index < -0.39 is 21.9 Å². The summed E-state index contributed by atoms with van der Waals surface area (Å²) in [6, 6.07) is 1.90. The highest BCUT2D eigenvalue weighted by atomic mass is 32.2. The summed E-state index contributed by atoms with van der Waals surface area (Å²) < 4.78 is 40.7. The fourth-order valence-corrected chi connectivity index (χ4v) is 4.02. The Morgan fingerprint density at radius 3 is 2.57 bits per heavy atom. The van der Waals surface area contributed by atoms with Crippen molar-refractivity contribution >= 4 is 27.0 Å². The van der Waals surface area contributed by atoms with E-state index >= 15 is 0 Å². The predicted octanol–water partition coefficient (Wildman–Crippen LogP) is 2.52. The van der Waals surface area contributed by atoms with Crippen LogP contribution in [0.5, 0.6) is 0 Å². The number of nitrogens with one attached hydrogen (secondary N) is 1. The van der Waals surface area contributed by atoms with E-state index in [1.165, 1.54) is 24.3 Å². The van der Waals surface area contributed by atoms with Gasteiger partial charge >= 0.3 is 0 Å². The Morgan fingerprint density at radius 1 is 1.38 bits per heavy atom. The van der Waals surface area contributed by atoms with Crippen LogP contribution in [0, 0.1) is 19.7 Å². The molecule has 0 spiro atoms. The van der Waals surface area contributed by atoms with Crippen molar-refractivity contribution in [2.24, 2.45) is 0 Å². The Bertz CT molecular complexity index is 748. The number of nitrogens with zero attached hydrogens (tertiary/aromatic N) is 1. The zero-order valence-corrected chi connectivity index (χ0v) is 13.5. The van der Waals surface area contributed by atoms with Gasteiger partial charge in [-0.3, -0.25) is 0 Å². The van der Waals surface area contributed by atoms with Crippen LogP contribution in [-0.4, -0.2) is 13.4 Å². The molecule has 1 atom stereocenters. The van der Waals surface area contributed by atoms with Gasteiger partial charge in [0.1, 0.15) is 10.8 Å². The number of hydrogen-bond acceptors (Lipinski definition) is 5. The first-order valence-corrected chi connectivity index (χ1v) is 8.51. The van der Waals surface area contributed by atoms with Gasteiger partial charge in [-0.15, -0.1) is 11.3 Å². The largest absolute Gasteiger partial charge is 0.396 e. The van der Waals surface area contributed by atoms with E-state index in [-0.39, 0.29) is 16.1 Å². The van der Waals surface area contributed by atoms with E-state index in [2.05, 4.69) is 9.71 Å². The molecule has 21 heavy (non-hydrogen) atoms. The van der Waals surface area contributed by atoms with Crippen LogP contribution < -0.4 is 10.5 Å². The van der Waals surface area contributed by atoms with Gasteiger partial charge in [-0.05, 0) is 38.5 Å².